The molecule has 0 unspecified atom stereocenters. The predicted molar refractivity (Wildman–Crippen MR) is 91.8 cm³/mol. The molecule has 6 heteroatoms. The number of carbonyl (C=O) groups excluding carboxylic acids is 1. The average Bonchev–Trinajstić information content (AvgIpc) is 2.81. The fourth-order valence-electron chi connectivity index (χ4n) is 3.71. The van der Waals surface area contributed by atoms with E-state index in [1.54, 1.807) is 4.90 Å². The van der Waals surface area contributed by atoms with Crippen molar-refractivity contribution in [3.8, 4) is 0 Å². The highest BCUT2D eigenvalue weighted by atomic mass is 19.3. The maximum atomic E-state index is 13.8. The monoisotopic (exact) mass is 352 g/mol. The van der Waals surface area contributed by atoms with Crippen LogP contribution in [0.15, 0.2) is 24.3 Å². The second kappa shape index (κ2) is 7.38. The van der Waals surface area contributed by atoms with Gasteiger partial charge in [0, 0.05) is 38.2 Å². The van der Waals surface area contributed by atoms with Gasteiger partial charge in [-0.15, -0.1) is 0 Å². The fourth-order valence-corrected chi connectivity index (χ4v) is 3.71. The first-order valence-electron chi connectivity index (χ1n) is 8.93. The first kappa shape index (κ1) is 18.3. The minimum atomic E-state index is -2.66. The minimum Gasteiger partial charge on any atom is -0.380 e. The molecule has 25 heavy (non-hydrogen) atoms. The van der Waals surface area contributed by atoms with Crippen molar-refractivity contribution in [1.29, 1.82) is 0 Å². The maximum absolute atomic E-state index is 13.8. The van der Waals surface area contributed by atoms with E-state index in [2.05, 4.69) is 0 Å². The van der Waals surface area contributed by atoms with Crippen molar-refractivity contribution >= 4 is 5.91 Å². The summed E-state index contributed by atoms with van der Waals surface area (Å²) in [5, 5.41) is 0. The Kier molecular flexibility index (Phi) is 5.39. The Labute approximate surface area is 147 Å². The predicted octanol–water partition coefficient (Wildman–Crippen LogP) is 2.49. The van der Waals surface area contributed by atoms with Crippen molar-refractivity contribution in [2.75, 3.05) is 32.8 Å². The molecular weight excluding hydrogens is 326 g/mol. The number of amides is 1. The van der Waals surface area contributed by atoms with Crippen LogP contribution in [0, 0.1) is 6.92 Å². The minimum absolute atomic E-state index is 0.0136. The number of aryl methyl sites for hydroxylation is 1. The number of rotatable bonds is 6. The van der Waals surface area contributed by atoms with Gasteiger partial charge in [0.2, 0.25) is 5.91 Å². The Bertz CT molecular complexity index is 617. The van der Waals surface area contributed by atoms with E-state index in [0.29, 0.717) is 32.7 Å². The quantitative estimate of drug-likeness (QED) is 0.789. The number of hydrogen-bond acceptors (Lipinski definition) is 3. The summed E-state index contributed by atoms with van der Waals surface area (Å²) in [5.74, 6) is -2.59. The number of alkyl halides is 2. The van der Waals surface area contributed by atoms with Gasteiger partial charge in [0.25, 0.3) is 5.92 Å². The molecule has 4 nitrogen and oxygen atoms in total. The number of carbonyl (C=O) groups is 1. The third kappa shape index (κ3) is 4.18. The zero-order chi connectivity index (χ0) is 18.0. The van der Waals surface area contributed by atoms with Crippen molar-refractivity contribution in [2.24, 2.45) is 0 Å². The lowest BCUT2D eigenvalue weighted by atomic mass is 10.0. The Morgan fingerprint density at radius 1 is 1.32 bits per heavy atom. The molecule has 0 aliphatic carbocycles. The molecule has 2 heterocycles. The number of hydrogen-bond donors (Lipinski definition) is 0. The van der Waals surface area contributed by atoms with Crippen molar-refractivity contribution in [3.63, 3.8) is 0 Å². The molecule has 0 aromatic heterocycles. The number of ether oxygens (including phenoxy) is 1. The molecule has 0 saturated carbocycles. The molecule has 2 saturated heterocycles. The molecule has 0 radical (unpaired) electrons. The molecule has 0 bridgehead atoms. The molecule has 1 amide bonds. The van der Waals surface area contributed by atoms with Gasteiger partial charge in [-0.2, -0.15) is 0 Å². The second-order valence-electron chi connectivity index (χ2n) is 7.10. The van der Waals surface area contributed by atoms with Crippen LogP contribution in [0.5, 0.6) is 0 Å². The normalized spacial score (nSPS) is 23.7. The summed E-state index contributed by atoms with van der Waals surface area (Å²) in [6.07, 6.45) is 0.221. The van der Waals surface area contributed by atoms with Crippen LogP contribution < -0.4 is 0 Å². The van der Waals surface area contributed by atoms with Crippen molar-refractivity contribution in [3.05, 3.63) is 35.4 Å². The van der Waals surface area contributed by atoms with Gasteiger partial charge in [-0.25, -0.2) is 8.78 Å². The van der Waals surface area contributed by atoms with Crippen LogP contribution in [-0.2, 0) is 16.0 Å². The van der Waals surface area contributed by atoms with Gasteiger partial charge >= 0.3 is 0 Å². The van der Waals surface area contributed by atoms with Crippen LogP contribution in [0.2, 0.25) is 0 Å². The van der Waals surface area contributed by atoms with Crippen LogP contribution in [0.25, 0.3) is 0 Å². The highest BCUT2D eigenvalue weighted by Gasteiger charge is 2.50. The zero-order valence-corrected chi connectivity index (χ0v) is 14.9. The highest BCUT2D eigenvalue weighted by molar-refractivity contribution is 5.80. The molecule has 0 N–H and O–H groups in total. The van der Waals surface area contributed by atoms with E-state index < -0.39 is 5.92 Å². The summed E-state index contributed by atoms with van der Waals surface area (Å²) in [6.45, 7) is 5.56. The van der Waals surface area contributed by atoms with Crippen LogP contribution in [0.3, 0.4) is 0 Å². The number of likely N-dealkylation sites (tertiary alicyclic amines) is 2. The fraction of sp³-hybridized carbons (Fsp3) is 0.632. The van der Waals surface area contributed by atoms with Crippen LogP contribution in [-0.4, -0.2) is 66.6 Å². The molecular formula is C19H26F2N2O2. The topological polar surface area (TPSA) is 32.8 Å². The van der Waals surface area contributed by atoms with E-state index in [0.717, 1.165) is 11.1 Å². The van der Waals surface area contributed by atoms with E-state index in [4.69, 9.17) is 4.74 Å². The van der Waals surface area contributed by atoms with E-state index in [-0.39, 0.29) is 31.0 Å². The molecule has 1 atom stereocenters. The molecule has 1 aromatic rings. The van der Waals surface area contributed by atoms with Crippen LogP contribution >= 0.6 is 0 Å². The molecule has 138 valence electrons. The molecule has 1 aromatic carbocycles. The Morgan fingerprint density at radius 3 is 2.72 bits per heavy atom. The van der Waals surface area contributed by atoms with Crippen molar-refractivity contribution < 1.29 is 18.3 Å². The molecule has 2 aliphatic rings. The Balaban J connectivity index is 1.54. The Hall–Kier alpha value is -1.53. The van der Waals surface area contributed by atoms with E-state index in [1.165, 1.54) is 0 Å². The summed E-state index contributed by atoms with van der Waals surface area (Å²) in [4.78, 5) is 16.0. The van der Waals surface area contributed by atoms with Gasteiger partial charge in [-0.05, 0) is 25.0 Å². The summed E-state index contributed by atoms with van der Waals surface area (Å²) in [6, 6.07) is 7.59. The standard InChI is InChI=1S/C19H26F2N2O2/c1-3-25-12-16-9-19(20,21)13-23(16)17-10-22(11-17)18(24)8-15-7-5-4-6-14(15)2/h4-7,16-17H,3,8-13H2,1-2H3/t16-/m0/s1. The number of nitrogens with zero attached hydrogens (tertiary/aromatic N) is 2. The summed E-state index contributed by atoms with van der Waals surface area (Å²) in [5.41, 5.74) is 2.13. The number of benzene rings is 1. The third-order valence-electron chi connectivity index (χ3n) is 5.22. The molecule has 3 rings (SSSR count). The van der Waals surface area contributed by atoms with E-state index >= 15 is 0 Å². The second-order valence-corrected chi connectivity index (χ2v) is 7.10. The summed E-state index contributed by atoms with van der Waals surface area (Å²) in [7, 11) is 0. The van der Waals surface area contributed by atoms with Gasteiger partial charge in [0.05, 0.1) is 19.6 Å². The lowest BCUT2D eigenvalue weighted by molar-refractivity contribution is -0.138. The first-order chi connectivity index (χ1) is 11.9. The first-order valence-corrected chi connectivity index (χ1v) is 8.93. The third-order valence-corrected chi connectivity index (χ3v) is 5.22. The van der Waals surface area contributed by atoms with E-state index in [9.17, 15) is 13.6 Å². The van der Waals surface area contributed by atoms with Gasteiger partial charge < -0.3 is 9.64 Å². The van der Waals surface area contributed by atoms with Crippen LogP contribution in [0.1, 0.15) is 24.5 Å². The summed E-state index contributed by atoms with van der Waals surface area (Å²) < 4.78 is 33.0. The zero-order valence-electron chi connectivity index (χ0n) is 14.9. The smallest absolute Gasteiger partial charge is 0.262 e. The molecule has 0 spiro atoms. The number of halogens is 2. The Morgan fingerprint density at radius 2 is 2.04 bits per heavy atom. The molecule has 2 fully saturated rings. The van der Waals surface area contributed by atoms with Crippen molar-refractivity contribution in [2.45, 2.75) is 44.7 Å². The van der Waals surface area contributed by atoms with Crippen molar-refractivity contribution in [1.82, 2.24) is 9.80 Å². The van der Waals surface area contributed by atoms with Gasteiger partial charge in [-0.3, -0.25) is 9.69 Å². The van der Waals surface area contributed by atoms with Gasteiger partial charge in [-0.1, -0.05) is 24.3 Å². The lowest BCUT2D eigenvalue weighted by Gasteiger charge is -2.46. The average molecular weight is 352 g/mol. The summed E-state index contributed by atoms with van der Waals surface area (Å²) >= 11 is 0. The van der Waals surface area contributed by atoms with E-state index in [1.807, 2.05) is 43.0 Å². The van der Waals surface area contributed by atoms with Gasteiger partial charge in [0.15, 0.2) is 0 Å². The van der Waals surface area contributed by atoms with Crippen LogP contribution in [0.4, 0.5) is 8.78 Å². The maximum Gasteiger partial charge on any atom is 0.262 e. The largest absolute Gasteiger partial charge is 0.380 e. The van der Waals surface area contributed by atoms with Gasteiger partial charge in [0.1, 0.15) is 0 Å². The molecule has 2 aliphatic heterocycles. The SMILES string of the molecule is CCOC[C@@H]1CC(F)(F)CN1C1CN(C(=O)Cc2ccccc2C)C1. The highest BCUT2D eigenvalue weighted by Crippen LogP contribution is 2.35. The lowest BCUT2D eigenvalue weighted by Crippen LogP contribution is -2.62.